The zero-order valence-electron chi connectivity index (χ0n) is 15.6. The molecule has 2 aliphatic rings. The summed E-state index contributed by atoms with van der Waals surface area (Å²) >= 11 is 0. The number of aryl methyl sites for hydroxylation is 2. The molecule has 2 aliphatic heterocycles. The molecule has 6 heteroatoms. The van der Waals surface area contributed by atoms with Crippen LogP contribution in [0.5, 0.6) is 0 Å². The molecule has 0 bridgehead atoms. The second kappa shape index (κ2) is 7.19. The molecule has 0 amide bonds. The lowest BCUT2D eigenvalue weighted by Crippen LogP contribution is -2.22. The zero-order chi connectivity index (χ0) is 18.1. The topological polar surface area (TPSA) is 50.9 Å². The average Bonchev–Trinajstić information content (AvgIpc) is 3.38. The monoisotopic (exact) mass is 362 g/mol. The summed E-state index contributed by atoms with van der Waals surface area (Å²) < 4.78 is 4.38. The molecule has 4 heterocycles. The average molecular weight is 362 g/mol. The maximum atomic E-state index is 4.81. The largest absolute Gasteiger partial charge is 0.371 e. The number of aromatic nitrogens is 4. The Kier molecular flexibility index (Phi) is 4.41. The number of imidazole rings is 1. The van der Waals surface area contributed by atoms with Gasteiger partial charge in [-0.3, -0.25) is 4.68 Å². The number of anilines is 1. The highest BCUT2D eigenvalue weighted by Gasteiger charge is 2.18. The van der Waals surface area contributed by atoms with E-state index >= 15 is 0 Å². The first kappa shape index (κ1) is 16.6. The van der Waals surface area contributed by atoms with E-state index in [9.17, 15) is 0 Å². The van der Waals surface area contributed by atoms with Gasteiger partial charge in [-0.2, -0.15) is 5.10 Å². The highest BCUT2D eigenvalue weighted by Crippen LogP contribution is 2.27. The van der Waals surface area contributed by atoms with Crippen molar-refractivity contribution in [2.75, 3.05) is 24.5 Å². The van der Waals surface area contributed by atoms with Crippen LogP contribution >= 0.6 is 0 Å². The van der Waals surface area contributed by atoms with Gasteiger partial charge in [0.1, 0.15) is 5.69 Å². The summed E-state index contributed by atoms with van der Waals surface area (Å²) in [5.74, 6) is 0.984. The molecule has 0 unspecified atom stereocenters. The van der Waals surface area contributed by atoms with Crippen molar-refractivity contribution in [3.8, 4) is 11.5 Å². The van der Waals surface area contributed by atoms with E-state index in [0.717, 1.165) is 63.6 Å². The van der Waals surface area contributed by atoms with Gasteiger partial charge in [-0.1, -0.05) is 18.2 Å². The van der Waals surface area contributed by atoms with E-state index in [-0.39, 0.29) is 0 Å². The SMILES string of the molecule is c1ccc2c(c1)CCN2CCCn1ccnc1-c1cc2n(n1)CCCNC2. The number of fused-ring (bicyclic) bond motifs is 2. The van der Waals surface area contributed by atoms with E-state index < -0.39 is 0 Å². The van der Waals surface area contributed by atoms with Gasteiger partial charge >= 0.3 is 0 Å². The second-order valence-electron chi connectivity index (χ2n) is 7.44. The van der Waals surface area contributed by atoms with Crippen LogP contribution in [0.25, 0.3) is 11.5 Å². The Labute approximate surface area is 159 Å². The smallest absolute Gasteiger partial charge is 0.160 e. The highest BCUT2D eigenvalue weighted by molar-refractivity contribution is 5.57. The Morgan fingerprint density at radius 1 is 1.11 bits per heavy atom. The molecule has 0 saturated carbocycles. The zero-order valence-corrected chi connectivity index (χ0v) is 15.6. The second-order valence-corrected chi connectivity index (χ2v) is 7.44. The molecule has 0 saturated heterocycles. The summed E-state index contributed by atoms with van der Waals surface area (Å²) in [5, 5.41) is 8.27. The van der Waals surface area contributed by atoms with Gasteiger partial charge < -0.3 is 14.8 Å². The molecule has 140 valence electrons. The van der Waals surface area contributed by atoms with Crippen molar-refractivity contribution in [1.29, 1.82) is 0 Å². The van der Waals surface area contributed by atoms with Crippen molar-refractivity contribution < 1.29 is 0 Å². The first-order valence-electron chi connectivity index (χ1n) is 10.0. The Bertz CT molecular complexity index is 901. The molecule has 0 aliphatic carbocycles. The van der Waals surface area contributed by atoms with Crippen LogP contribution in [0.15, 0.2) is 42.7 Å². The third-order valence-corrected chi connectivity index (χ3v) is 5.65. The fourth-order valence-corrected chi connectivity index (χ4v) is 4.26. The normalized spacial score (nSPS) is 16.2. The predicted octanol–water partition coefficient (Wildman–Crippen LogP) is 2.69. The Morgan fingerprint density at radius 3 is 3.07 bits per heavy atom. The van der Waals surface area contributed by atoms with E-state index in [4.69, 9.17) is 5.10 Å². The molecule has 27 heavy (non-hydrogen) atoms. The third kappa shape index (κ3) is 3.25. The number of benzene rings is 1. The van der Waals surface area contributed by atoms with Gasteiger partial charge in [0.25, 0.3) is 0 Å². The van der Waals surface area contributed by atoms with E-state index in [1.807, 2.05) is 6.20 Å². The highest BCUT2D eigenvalue weighted by atomic mass is 15.3. The molecular weight excluding hydrogens is 336 g/mol. The van der Waals surface area contributed by atoms with Crippen molar-refractivity contribution in [2.45, 2.75) is 38.9 Å². The van der Waals surface area contributed by atoms with Crippen LogP contribution in [0.2, 0.25) is 0 Å². The van der Waals surface area contributed by atoms with Crippen molar-refractivity contribution in [3.05, 3.63) is 54.0 Å². The van der Waals surface area contributed by atoms with E-state index in [2.05, 4.69) is 61.0 Å². The Morgan fingerprint density at radius 2 is 2.07 bits per heavy atom. The van der Waals surface area contributed by atoms with E-state index in [0.29, 0.717) is 0 Å². The Hall–Kier alpha value is -2.60. The summed E-state index contributed by atoms with van der Waals surface area (Å²) in [5.41, 5.74) is 5.14. The molecule has 0 spiro atoms. The lowest BCUT2D eigenvalue weighted by atomic mass is 10.2. The summed E-state index contributed by atoms with van der Waals surface area (Å²) in [4.78, 5) is 7.10. The van der Waals surface area contributed by atoms with Crippen LogP contribution in [-0.4, -0.2) is 39.0 Å². The number of rotatable bonds is 5. The minimum Gasteiger partial charge on any atom is -0.371 e. The molecule has 1 aromatic carbocycles. The Balaban J connectivity index is 1.26. The number of para-hydroxylation sites is 1. The van der Waals surface area contributed by atoms with Crippen molar-refractivity contribution >= 4 is 5.69 Å². The first-order chi connectivity index (χ1) is 13.4. The molecule has 0 radical (unpaired) electrons. The molecule has 2 aromatic heterocycles. The first-order valence-corrected chi connectivity index (χ1v) is 10.0. The van der Waals surface area contributed by atoms with Crippen LogP contribution < -0.4 is 10.2 Å². The van der Waals surface area contributed by atoms with Gasteiger partial charge in [-0.25, -0.2) is 4.98 Å². The minimum atomic E-state index is 0.891. The summed E-state index contributed by atoms with van der Waals surface area (Å²) in [6, 6.07) is 11.0. The van der Waals surface area contributed by atoms with E-state index in [1.54, 1.807) is 0 Å². The van der Waals surface area contributed by atoms with Gasteiger partial charge in [0.2, 0.25) is 0 Å². The molecule has 0 fully saturated rings. The standard InChI is InChI=1S/C21H26N6/c1-2-6-20-17(5-1)7-13-25(20)10-4-11-26-14-9-23-21(26)19-15-18-16-22-8-3-12-27(18)24-19/h1-2,5-6,9,14-15,22H,3-4,7-8,10-13,16H2. The minimum absolute atomic E-state index is 0.891. The number of hydrogen-bond donors (Lipinski definition) is 1. The van der Waals surface area contributed by atoms with Crippen LogP contribution in [0.3, 0.4) is 0 Å². The van der Waals surface area contributed by atoms with Crippen molar-refractivity contribution in [1.82, 2.24) is 24.6 Å². The predicted molar refractivity (Wildman–Crippen MR) is 107 cm³/mol. The summed E-state index contributed by atoms with van der Waals surface area (Å²) in [6.45, 7) is 6.12. The molecular formula is C21H26N6. The maximum Gasteiger partial charge on any atom is 0.160 e. The summed E-state index contributed by atoms with van der Waals surface area (Å²) in [6.07, 6.45) is 7.37. The number of hydrogen-bond acceptors (Lipinski definition) is 4. The summed E-state index contributed by atoms with van der Waals surface area (Å²) in [7, 11) is 0. The van der Waals surface area contributed by atoms with Crippen LogP contribution in [0, 0.1) is 0 Å². The fourth-order valence-electron chi connectivity index (χ4n) is 4.26. The van der Waals surface area contributed by atoms with Crippen LogP contribution in [-0.2, 0) is 26.1 Å². The van der Waals surface area contributed by atoms with Crippen LogP contribution in [0.1, 0.15) is 24.1 Å². The van der Waals surface area contributed by atoms with Crippen molar-refractivity contribution in [2.24, 2.45) is 0 Å². The molecule has 5 rings (SSSR count). The molecule has 6 nitrogen and oxygen atoms in total. The number of nitrogens with one attached hydrogen (secondary N) is 1. The van der Waals surface area contributed by atoms with E-state index in [1.165, 1.54) is 23.4 Å². The molecule has 0 atom stereocenters. The van der Waals surface area contributed by atoms with Gasteiger partial charge in [0, 0.05) is 50.8 Å². The lowest BCUT2D eigenvalue weighted by molar-refractivity contribution is 0.586. The molecule has 1 N–H and O–H groups in total. The number of nitrogens with zero attached hydrogens (tertiary/aromatic N) is 5. The van der Waals surface area contributed by atoms with Crippen LogP contribution in [0.4, 0.5) is 5.69 Å². The van der Waals surface area contributed by atoms with Crippen molar-refractivity contribution in [3.63, 3.8) is 0 Å². The van der Waals surface area contributed by atoms with Gasteiger partial charge in [0.05, 0.1) is 5.69 Å². The third-order valence-electron chi connectivity index (χ3n) is 5.65. The van der Waals surface area contributed by atoms with Gasteiger partial charge in [0.15, 0.2) is 5.82 Å². The fraction of sp³-hybridized carbons (Fsp3) is 0.429. The quantitative estimate of drug-likeness (QED) is 0.758. The van der Waals surface area contributed by atoms with Gasteiger partial charge in [-0.15, -0.1) is 0 Å². The maximum absolute atomic E-state index is 4.81. The van der Waals surface area contributed by atoms with Gasteiger partial charge in [-0.05, 0) is 43.5 Å². The lowest BCUT2D eigenvalue weighted by Gasteiger charge is -2.19. The molecule has 3 aromatic rings.